The second-order valence-electron chi connectivity index (χ2n) is 5.55. The molecular formula is C17H17FN6OS. The third-order valence-electron chi connectivity index (χ3n) is 3.56. The third-order valence-corrected chi connectivity index (χ3v) is 4.02. The van der Waals surface area contributed by atoms with Crippen LogP contribution < -0.4 is 10.6 Å². The van der Waals surface area contributed by atoms with E-state index >= 15 is 0 Å². The zero-order valence-corrected chi connectivity index (χ0v) is 15.1. The lowest BCUT2D eigenvalue weighted by Crippen LogP contribution is -2.27. The minimum atomic E-state index is -0.397. The Morgan fingerprint density at radius 1 is 1.23 bits per heavy atom. The number of aryl methyl sites for hydroxylation is 1. The number of halogens is 1. The van der Waals surface area contributed by atoms with Gasteiger partial charge in [0.1, 0.15) is 17.2 Å². The number of rotatable bonds is 4. The number of nitrogens with one attached hydrogen (secondary N) is 2. The Morgan fingerprint density at radius 3 is 2.77 bits per heavy atom. The molecule has 2 N–H and O–H groups in total. The van der Waals surface area contributed by atoms with Crippen molar-refractivity contribution in [1.29, 1.82) is 0 Å². The lowest BCUT2D eigenvalue weighted by Gasteiger charge is -2.13. The van der Waals surface area contributed by atoms with Crippen molar-refractivity contribution in [2.24, 2.45) is 0 Å². The van der Waals surface area contributed by atoms with Gasteiger partial charge in [0.05, 0.1) is 11.9 Å². The molecule has 2 aromatic heterocycles. The van der Waals surface area contributed by atoms with E-state index in [2.05, 4.69) is 38.4 Å². The first-order valence-electron chi connectivity index (χ1n) is 7.90. The Hall–Kier alpha value is -2.94. The van der Waals surface area contributed by atoms with Crippen molar-refractivity contribution in [3.8, 4) is 0 Å². The highest BCUT2D eigenvalue weighted by Gasteiger charge is 2.10. The molecule has 7 nitrogen and oxygen atoms in total. The maximum Gasteiger partial charge on any atom is 0.332 e. The van der Waals surface area contributed by atoms with Gasteiger partial charge < -0.3 is 5.32 Å². The monoisotopic (exact) mass is 372 g/mol. The maximum absolute atomic E-state index is 13.9. The molecule has 0 aliphatic carbocycles. The van der Waals surface area contributed by atoms with E-state index in [4.69, 9.17) is 0 Å². The lowest BCUT2D eigenvalue weighted by molar-refractivity contribution is 0.240. The molecule has 0 atom stereocenters. The van der Waals surface area contributed by atoms with Crippen LogP contribution in [0, 0.1) is 12.7 Å². The average molecular weight is 372 g/mol. The summed E-state index contributed by atoms with van der Waals surface area (Å²) in [4.78, 5) is 24.7. The van der Waals surface area contributed by atoms with Crippen LogP contribution in [-0.2, 0) is 0 Å². The van der Waals surface area contributed by atoms with Crippen molar-refractivity contribution < 1.29 is 9.18 Å². The summed E-state index contributed by atoms with van der Waals surface area (Å²) < 4.78 is 15.1. The predicted octanol–water partition coefficient (Wildman–Crippen LogP) is 3.91. The molecule has 0 fully saturated rings. The molecule has 3 aromatic rings. The second-order valence-corrected chi connectivity index (χ2v) is 6.03. The Labute approximate surface area is 155 Å². The Bertz CT molecular complexity index is 967. The van der Waals surface area contributed by atoms with Crippen molar-refractivity contribution >= 4 is 47.3 Å². The molecule has 26 heavy (non-hydrogen) atoms. The second kappa shape index (κ2) is 7.52. The van der Waals surface area contributed by atoms with Gasteiger partial charge in [0.15, 0.2) is 11.5 Å². The molecule has 134 valence electrons. The third kappa shape index (κ3) is 3.99. The van der Waals surface area contributed by atoms with E-state index in [0.29, 0.717) is 35.0 Å². The highest BCUT2D eigenvalue weighted by molar-refractivity contribution is 7.78. The number of aromatic nitrogens is 3. The molecule has 0 radical (unpaired) electrons. The van der Waals surface area contributed by atoms with E-state index in [1.54, 1.807) is 31.2 Å². The van der Waals surface area contributed by atoms with Crippen LogP contribution in [-0.4, -0.2) is 31.8 Å². The van der Waals surface area contributed by atoms with Crippen LogP contribution in [0.1, 0.15) is 12.5 Å². The zero-order valence-electron chi connectivity index (χ0n) is 14.2. The van der Waals surface area contributed by atoms with E-state index in [9.17, 15) is 9.18 Å². The highest BCUT2D eigenvalue weighted by Crippen LogP contribution is 2.21. The number of carbonyl (C=O) groups is 1. The normalized spacial score (nSPS) is 10.6. The molecule has 0 spiro atoms. The molecular weight excluding hydrogens is 355 g/mol. The van der Waals surface area contributed by atoms with Gasteiger partial charge in [-0.1, -0.05) is 18.9 Å². The molecule has 2 amide bonds. The van der Waals surface area contributed by atoms with Gasteiger partial charge in [-0.25, -0.2) is 24.1 Å². The molecule has 0 aliphatic rings. The fraction of sp³-hybridized carbons (Fsp3) is 0.176. The number of thiol groups is 1. The smallest absolute Gasteiger partial charge is 0.332 e. The van der Waals surface area contributed by atoms with Gasteiger partial charge in [-0.2, -0.15) is 0 Å². The molecule has 9 heteroatoms. The number of pyridine rings is 1. The van der Waals surface area contributed by atoms with Gasteiger partial charge in [-0.05, 0) is 43.7 Å². The van der Waals surface area contributed by atoms with Crippen LogP contribution in [0.4, 0.5) is 26.5 Å². The van der Waals surface area contributed by atoms with Gasteiger partial charge in [0, 0.05) is 6.54 Å². The summed E-state index contributed by atoms with van der Waals surface area (Å²) in [6.45, 7) is 4.11. The highest BCUT2D eigenvalue weighted by atomic mass is 32.1. The Kier molecular flexibility index (Phi) is 5.17. The largest absolute Gasteiger partial charge is 0.336 e. The van der Waals surface area contributed by atoms with Crippen LogP contribution in [0.5, 0.6) is 0 Å². The van der Waals surface area contributed by atoms with Gasteiger partial charge in [-0.3, -0.25) is 9.62 Å². The summed E-state index contributed by atoms with van der Waals surface area (Å²) in [5, 5.41) is 5.52. The quantitative estimate of drug-likeness (QED) is 0.605. The van der Waals surface area contributed by atoms with Crippen molar-refractivity contribution in [3.63, 3.8) is 0 Å². The van der Waals surface area contributed by atoms with Crippen molar-refractivity contribution in [2.45, 2.75) is 13.8 Å². The van der Waals surface area contributed by atoms with Crippen molar-refractivity contribution in [2.75, 3.05) is 17.2 Å². The zero-order chi connectivity index (χ0) is 18.7. The summed E-state index contributed by atoms with van der Waals surface area (Å²) >= 11 is 4.04. The van der Waals surface area contributed by atoms with Gasteiger partial charge in [0.25, 0.3) is 0 Å². The maximum atomic E-state index is 13.9. The predicted molar refractivity (Wildman–Crippen MR) is 102 cm³/mol. The number of nitrogens with zero attached hydrogens (tertiary/aromatic N) is 4. The van der Waals surface area contributed by atoms with Crippen LogP contribution in [0.15, 0.2) is 36.5 Å². The van der Waals surface area contributed by atoms with Gasteiger partial charge in [0.2, 0.25) is 0 Å². The molecule has 1 aromatic carbocycles. The van der Waals surface area contributed by atoms with E-state index < -0.39 is 6.03 Å². The molecule has 0 unspecified atom stereocenters. The van der Waals surface area contributed by atoms with Gasteiger partial charge >= 0.3 is 6.03 Å². The molecule has 0 saturated carbocycles. The number of urea groups is 1. The topological polar surface area (TPSA) is 83.0 Å². The number of anilines is 3. The van der Waals surface area contributed by atoms with E-state index in [-0.39, 0.29) is 5.82 Å². The lowest BCUT2D eigenvalue weighted by atomic mass is 10.2. The van der Waals surface area contributed by atoms with Crippen molar-refractivity contribution in [3.05, 3.63) is 47.9 Å². The number of hydrogen-bond acceptors (Lipinski definition) is 6. The van der Waals surface area contributed by atoms with E-state index in [0.717, 1.165) is 5.56 Å². The van der Waals surface area contributed by atoms with Crippen molar-refractivity contribution in [1.82, 2.24) is 19.3 Å². The summed E-state index contributed by atoms with van der Waals surface area (Å²) in [6.07, 6.45) is 1.50. The summed E-state index contributed by atoms with van der Waals surface area (Å²) in [5.74, 6) is 0.283. The number of fused-ring (bicyclic) bond motifs is 1. The Balaban J connectivity index is 1.87. The molecule has 2 heterocycles. The summed E-state index contributed by atoms with van der Waals surface area (Å²) in [6, 6.07) is 7.67. The first-order valence-corrected chi connectivity index (χ1v) is 8.30. The number of carbonyl (C=O) groups excluding carboxylic acids is 1. The summed E-state index contributed by atoms with van der Waals surface area (Å²) in [5.41, 5.74) is 2.09. The van der Waals surface area contributed by atoms with E-state index in [1.807, 2.05) is 6.92 Å². The fourth-order valence-corrected chi connectivity index (χ4v) is 2.27. The number of amides is 2. The minimum Gasteiger partial charge on any atom is -0.336 e. The molecule has 0 aliphatic heterocycles. The molecule has 0 saturated heterocycles. The van der Waals surface area contributed by atoms with Gasteiger partial charge in [-0.15, -0.1) is 0 Å². The first kappa shape index (κ1) is 17.9. The average Bonchev–Trinajstić information content (AvgIpc) is 2.63. The van der Waals surface area contributed by atoms with Crippen LogP contribution in [0.3, 0.4) is 0 Å². The van der Waals surface area contributed by atoms with E-state index in [1.165, 1.54) is 16.6 Å². The van der Waals surface area contributed by atoms with Crippen LogP contribution in [0.2, 0.25) is 0 Å². The van der Waals surface area contributed by atoms with Crippen LogP contribution >= 0.6 is 12.8 Å². The standard InChI is InChI=1S/C17H17FN6OS/c1-3-24(26)17(25)23-14-7-6-12-16(21-14)22-15(9-19-12)20-13-8-10(2)4-5-11(13)18/h4-9,26H,3H2,1-2H3,(H2,20,21,22,23,25). The fourth-order valence-electron chi connectivity index (χ4n) is 2.22. The number of hydrogen-bond donors (Lipinski definition) is 3. The Morgan fingerprint density at radius 2 is 2.00 bits per heavy atom. The first-order chi connectivity index (χ1) is 12.5. The molecule has 0 bridgehead atoms. The SMILES string of the molecule is CCN(S)C(=O)Nc1ccc2ncc(Nc3cc(C)ccc3F)nc2n1. The number of benzene rings is 1. The summed E-state index contributed by atoms with van der Waals surface area (Å²) in [7, 11) is 0. The minimum absolute atomic E-state index is 0.303. The molecule has 3 rings (SSSR count). The van der Waals surface area contributed by atoms with Crippen LogP contribution in [0.25, 0.3) is 11.2 Å².